The first-order valence-corrected chi connectivity index (χ1v) is 11.4. The highest BCUT2D eigenvalue weighted by molar-refractivity contribution is 7.92. The van der Waals surface area contributed by atoms with E-state index in [1.54, 1.807) is 24.3 Å². The zero-order valence-electron chi connectivity index (χ0n) is 16.6. The van der Waals surface area contributed by atoms with Gasteiger partial charge in [0.2, 0.25) is 0 Å². The lowest BCUT2D eigenvalue weighted by Gasteiger charge is -2.10. The Hall–Kier alpha value is -2.83. The Kier molecular flexibility index (Phi) is 7.13. The van der Waals surface area contributed by atoms with E-state index in [-0.39, 0.29) is 10.8 Å². The van der Waals surface area contributed by atoms with Gasteiger partial charge in [-0.15, -0.1) is 0 Å². The van der Waals surface area contributed by atoms with Gasteiger partial charge in [0, 0.05) is 22.8 Å². The molecule has 0 atom stereocenters. The van der Waals surface area contributed by atoms with Crippen molar-refractivity contribution in [1.82, 2.24) is 5.32 Å². The standard InChI is InChI=1S/C23H23ClN2O3S/c1-17-7-13-21(14-8-17)26-30(28,29)22-6-2-5-19(16-22)23(27)25-15-3-4-18-9-11-20(24)12-10-18/h2,5-14,16,26H,3-4,15H2,1H3,(H,25,27). The molecule has 0 heterocycles. The normalized spacial score (nSPS) is 11.1. The molecule has 0 unspecified atom stereocenters. The molecule has 1 amide bonds. The predicted octanol–water partition coefficient (Wildman–Crippen LogP) is 4.81. The van der Waals surface area contributed by atoms with Crippen LogP contribution in [0.3, 0.4) is 0 Å². The van der Waals surface area contributed by atoms with Crippen LogP contribution in [0, 0.1) is 6.92 Å². The highest BCUT2D eigenvalue weighted by atomic mass is 35.5. The fourth-order valence-corrected chi connectivity index (χ4v) is 4.12. The molecule has 0 spiro atoms. The Labute approximate surface area is 182 Å². The van der Waals surface area contributed by atoms with Gasteiger partial charge < -0.3 is 5.32 Å². The largest absolute Gasteiger partial charge is 0.352 e. The van der Waals surface area contributed by atoms with Gasteiger partial charge in [0.15, 0.2) is 0 Å². The van der Waals surface area contributed by atoms with Crippen molar-refractivity contribution in [2.75, 3.05) is 11.3 Å². The van der Waals surface area contributed by atoms with Crippen LogP contribution < -0.4 is 10.0 Å². The Bertz CT molecular complexity index is 1110. The second-order valence-corrected chi connectivity index (χ2v) is 9.10. The zero-order chi connectivity index (χ0) is 21.6. The molecule has 3 aromatic carbocycles. The summed E-state index contributed by atoms with van der Waals surface area (Å²) in [5, 5.41) is 3.53. The van der Waals surface area contributed by atoms with E-state index in [2.05, 4.69) is 10.0 Å². The number of hydrogen-bond acceptors (Lipinski definition) is 3. The molecule has 0 saturated carbocycles. The van der Waals surface area contributed by atoms with E-state index in [0.717, 1.165) is 24.0 Å². The van der Waals surface area contributed by atoms with Crippen molar-refractivity contribution in [2.45, 2.75) is 24.7 Å². The molecular formula is C23H23ClN2O3S. The number of hydrogen-bond donors (Lipinski definition) is 2. The van der Waals surface area contributed by atoms with Gasteiger partial charge >= 0.3 is 0 Å². The summed E-state index contributed by atoms with van der Waals surface area (Å²) in [5.41, 5.74) is 2.95. The molecule has 0 bridgehead atoms. The lowest BCUT2D eigenvalue weighted by Crippen LogP contribution is -2.25. The highest BCUT2D eigenvalue weighted by Crippen LogP contribution is 2.18. The molecule has 5 nitrogen and oxygen atoms in total. The number of sulfonamides is 1. The first-order valence-electron chi connectivity index (χ1n) is 9.56. The van der Waals surface area contributed by atoms with Crippen molar-refractivity contribution in [3.63, 3.8) is 0 Å². The molecule has 0 aliphatic heterocycles. The van der Waals surface area contributed by atoms with Crippen LogP contribution in [0.15, 0.2) is 77.7 Å². The van der Waals surface area contributed by atoms with Crippen LogP contribution in [0.25, 0.3) is 0 Å². The van der Waals surface area contributed by atoms with Gasteiger partial charge in [-0.3, -0.25) is 9.52 Å². The van der Waals surface area contributed by atoms with Gasteiger partial charge in [-0.2, -0.15) is 0 Å². The van der Waals surface area contributed by atoms with Crippen LogP contribution in [0.5, 0.6) is 0 Å². The fraction of sp³-hybridized carbons (Fsp3) is 0.174. The maximum absolute atomic E-state index is 12.7. The summed E-state index contributed by atoms with van der Waals surface area (Å²) < 4.78 is 27.8. The maximum Gasteiger partial charge on any atom is 0.261 e. The first kappa shape index (κ1) is 21.9. The lowest BCUT2D eigenvalue weighted by atomic mass is 10.1. The van der Waals surface area contributed by atoms with E-state index in [9.17, 15) is 13.2 Å². The van der Waals surface area contributed by atoms with Gasteiger partial charge in [0.1, 0.15) is 0 Å². The number of anilines is 1. The van der Waals surface area contributed by atoms with Gasteiger partial charge in [-0.25, -0.2) is 8.42 Å². The topological polar surface area (TPSA) is 75.3 Å². The van der Waals surface area contributed by atoms with E-state index >= 15 is 0 Å². The van der Waals surface area contributed by atoms with Gasteiger partial charge in [0.05, 0.1) is 4.90 Å². The molecule has 3 rings (SSSR count). The predicted molar refractivity (Wildman–Crippen MR) is 121 cm³/mol. The van der Waals surface area contributed by atoms with Crippen LogP contribution in [-0.4, -0.2) is 20.9 Å². The lowest BCUT2D eigenvalue weighted by molar-refractivity contribution is 0.0953. The summed E-state index contributed by atoms with van der Waals surface area (Å²) in [5.74, 6) is -0.307. The molecule has 3 aromatic rings. The third kappa shape index (κ3) is 6.08. The maximum atomic E-state index is 12.7. The first-order chi connectivity index (χ1) is 14.3. The average Bonchev–Trinajstić information content (AvgIpc) is 2.74. The Morgan fingerprint density at radius 1 is 0.967 bits per heavy atom. The van der Waals surface area contributed by atoms with Gasteiger partial charge in [-0.1, -0.05) is 47.5 Å². The van der Waals surface area contributed by atoms with E-state index in [1.807, 2.05) is 43.3 Å². The van der Waals surface area contributed by atoms with Crippen molar-refractivity contribution >= 4 is 33.2 Å². The van der Waals surface area contributed by atoms with Crippen molar-refractivity contribution in [1.29, 1.82) is 0 Å². The number of amides is 1. The minimum Gasteiger partial charge on any atom is -0.352 e. The SMILES string of the molecule is Cc1ccc(NS(=O)(=O)c2cccc(C(=O)NCCCc3ccc(Cl)cc3)c2)cc1. The summed E-state index contributed by atoms with van der Waals surface area (Å²) in [4.78, 5) is 12.5. The number of carbonyl (C=O) groups excluding carboxylic acids is 1. The number of carbonyl (C=O) groups is 1. The van der Waals surface area contributed by atoms with Crippen molar-refractivity contribution in [3.05, 3.63) is 94.5 Å². The van der Waals surface area contributed by atoms with E-state index in [1.165, 1.54) is 12.1 Å². The second kappa shape index (κ2) is 9.78. The summed E-state index contributed by atoms with van der Waals surface area (Å²) in [6, 6.07) is 20.6. The number of rotatable bonds is 8. The van der Waals surface area contributed by atoms with E-state index < -0.39 is 10.0 Å². The molecule has 0 fully saturated rings. The Morgan fingerprint density at radius 3 is 2.37 bits per heavy atom. The second-order valence-electron chi connectivity index (χ2n) is 6.99. The third-order valence-electron chi connectivity index (χ3n) is 4.55. The molecule has 2 N–H and O–H groups in total. The van der Waals surface area contributed by atoms with Crippen LogP contribution in [0.2, 0.25) is 5.02 Å². The zero-order valence-corrected chi connectivity index (χ0v) is 18.1. The van der Waals surface area contributed by atoms with E-state index in [4.69, 9.17) is 11.6 Å². The smallest absolute Gasteiger partial charge is 0.261 e. The number of halogens is 1. The Morgan fingerprint density at radius 2 is 1.67 bits per heavy atom. The average molecular weight is 443 g/mol. The molecule has 0 aromatic heterocycles. The summed E-state index contributed by atoms with van der Waals surface area (Å²) in [6.07, 6.45) is 1.58. The quantitative estimate of drug-likeness (QED) is 0.491. The molecule has 156 valence electrons. The number of aryl methyl sites for hydroxylation is 2. The van der Waals surface area contributed by atoms with Crippen LogP contribution in [-0.2, 0) is 16.4 Å². The minimum absolute atomic E-state index is 0.0388. The van der Waals surface area contributed by atoms with Gasteiger partial charge in [-0.05, 0) is 67.8 Å². The molecule has 0 saturated heterocycles. The molecule has 7 heteroatoms. The van der Waals surface area contributed by atoms with Crippen molar-refractivity contribution < 1.29 is 13.2 Å². The molecule has 30 heavy (non-hydrogen) atoms. The summed E-state index contributed by atoms with van der Waals surface area (Å²) in [7, 11) is -3.79. The number of nitrogens with one attached hydrogen (secondary N) is 2. The molecule has 0 aliphatic rings. The highest BCUT2D eigenvalue weighted by Gasteiger charge is 2.16. The van der Waals surface area contributed by atoms with Crippen LogP contribution in [0.4, 0.5) is 5.69 Å². The fourth-order valence-electron chi connectivity index (χ4n) is 2.89. The van der Waals surface area contributed by atoms with Gasteiger partial charge in [0.25, 0.3) is 15.9 Å². The summed E-state index contributed by atoms with van der Waals surface area (Å²) in [6.45, 7) is 2.41. The third-order valence-corrected chi connectivity index (χ3v) is 6.18. The monoisotopic (exact) mass is 442 g/mol. The van der Waals surface area contributed by atoms with E-state index in [0.29, 0.717) is 22.8 Å². The van der Waals surface area contributed by atoms with Crippen LogP contribution >= 0.6 is 11.6 Å². The van der Waals surface area contributed by atoms with Crippen molar-refractivity contribution in [2.24, 2.45) is 0 Å². The molecular weight excluding hydrogens is 420 g/mol. The van der Waals surface area contributed by atoms with Crippen molar-refractivity contribution in [3.8, 4) is 0 Å². The number of benzene rings is 3. The Balaban J connectivity index is 1.58. The summed E-state index contributed by atoms with van der Waals surface area (Å²) >= 11 is 5.87. The van der Waals surface area contributed by atoms with Crippen LogP contribution in [0.1, 0.15) is 27.9 Å². The molecule has 0 radical (unpaired) electrons. The minimum atomic E-state index is -3.79. The molecule has 0 aliphatic carbocycles.